The molecular formula is C21H21BrN2O3S. The lowest BCUT2D eigenvalue weighted by atomic mass is 10.1. The molecule has 0 spiro atoms. The van der Waals surface area contributed by atoms with Crippen molar-refractivity contribution < 1.29 is 14.3 Å². The lowest BCUT2D eigenvalue weighted by Crippen LogP contribution is -2.19. The number of hydrogen-bond donors (Lipinski definition) is 1. The molecule has 146 valence electrons. The fraction of sp³-hybridized carbons (Fsp3) is 0.238. The Morgan fingerprint density at radius 2 is 1.75 bits per heavy atom. The smallest absolute Gasteiger partial charge is 0.264 e. The molecule has 1 N–H and O–H groups in total. The molecule has 0 radical (unpaired) electrons. The van der Waals surface area contributed by atoms with E-state index in [0.717, 1.165) is 15.6 Å². The van der Waals surface area contributed by atoms with Crippen LogP contribution in [0.3, 0.4) is 0 Å². The standard InChI is InChI=1S/C21H21BrN2O3S/c1-12-5-13(2)7-14(6-12)11-23-21-24-20(25)19(28-21)9-15-8-16(22)18(27-4)10-17(15)26-3/h5-10H,11H2,1-4H3,(H,23,24,25)/b19-9-. The van der Waals surface area contributed by atoms with Crippen molar-refractivity contribution in [2.24, 2.45) is 4.99 Å². The van der Waals surface area contributed by atoms with E-state index < -0.39 is 0 Å². The summed E-state index contributed by atoms with van der Waals surface area (Å²) in [5, 5.41) is 3.43. The first-order chi connectivity index (χ1) is 13.4. The average molecular weight is 461 g/mol. The number of halogens is 1. The fourth-order valence-electron chi connectivity index (χ4n) is 2.96. The first kappa shape index (κ1) is 20.5. The summed E-state index contributed by atoms with van der Waals surface area (Å²) in [4.78, 5) is 17.5. The fourth-order valence-corrected chi connectivity index (χ4v) is 4.30. The van der Waals surface area contributed by atoms with Gasteiger partial charge in [0.25, 0.3) is 5.91 Å². The monoisotopic (exact) mass is 460 g/mol. The van der Waals surface area contributed by atoms with E-state index in [1.807, 2.05) is 6.07 Å². The van der Waals surface area contributed by atoms with Gasteiger partial charge in [-0.1, -0.05) is 29.3 Å². The highest BCUT2D eigenvalue weighted by atomic mass is 79.9. The number of aliphatic imine (C=N–C) groups is 1. The number of rotatable bonds is 5. The molecule has 28 heavy (non-hydrogen) atoms. The maximum Gasteiger partial charge on any atom is 0.264 e. The first-order valence-electron chi connectivity index (χ1n) is 8.63. The number of nitrogens with one attached hydrogen (secondary N) is 1. The number of carbonyl (C=O) groups excluding carboxylic acids is 1. The van der Waals surface area contributed by atoms with Crippen molar-refractivity contribution in [3.05, 3.63) is 62.0 Å². The number of carbonyl (C=O) groups is 1. The minimum absolute atomic E-state index is 0.168. The van der Waals surface area contributed by atoms with Crippen molar-refractivity contribution in [3.8, 4) is 11.5 Å². The molecule has 1 fully saturated rings. The van der Waals surface area contributed by atoms with Crippen LogP contribution in [0.25, 0.3) is 6.08 Å². The Balaban J connectivity index is 1.81. The van der Waals surface area contributed by atoms with Crippen LogP contribution in [-0.4, -0.2) is 25.3 Å². The summed E-state index contributed by atoms with van der Waals surface area (Å²) in [6.45, 7) is 4.66. The van der Waals surface area contributed by atoms with Crippen molar-refractivity contribution in [2.45, 2.75) is 20.4 Å². The van der Waals surface area contributed by atoms with E-state index in [4.69, 9.17) is 9.47 Å². The van der Waals surface area contributed by atoms with E-state index in [1.165, 1.54) is 22.9 Å². The molecular weight excluding hydrogens is 440 g/mol. The van der Waals surface area contributed by atoms with Gasteiger partial charge in [0.15, 0.2) is 5.17 Å². The van der Waals surface area contributed by atoms with E-state index in [0.29, 0.717) is 28.1 Å². The predicted octanol–water partition coefficient (Wildman–Crippen LogP) is 4.84. The highest BCUT2D eigenvalue weighted by Crippen LogP contribution is 2.36. The highest BCUT2D eigenvalue weighted by molar-refractivity contribution is 9.10. The van der Waals surface area contributed by atoms with E-state index in [-0.39, 0.29) is 5.91 Å². The SMILES string of the molecule is COc1cc(OC)c(/C=C2\SC(=NCc3cc(C)cc(C)c3)NC2=O)cc1Br. The van der Waals surface area contributed by atoms with Gasteiger partial charge in [0.1, 0.15) is 11.5 Å². The number of amides is 1. The van der Waals surface area contributed by atoms with Gasteiger partial charge >= 0.3 is 0 Å². The molecule has 0 aromatic heterocycles. The van der Waals surface area contributed by atoms with Crippen LogP contribution in [0.1, 0.15) is 22.3 Å². The summed E-state index contributed by atoms with van der Waals surface area (Å²) < 4.78 is 11.5. The lowest BCUT2D eigenvalue weighted by molar-refractivity contribution is -0.115. The minimum atomic E-state index is -0.168. The molecule has 0 aliphatic carbocycles. The van der Waals surface area contributed by atoms with Gasteiger partial charge in [-0.05, 0) is 59.2 Å². The zero-order valence-electron chi connectivity index (χ0n) is 16.1. The minimum Gasteiger partial charge on any atom is -0.496 e. The molecule has 7 heteroatoms. The summed E-state index contributed by atoms with van der Waals surface area (Å²) in [7, 11) is 3.18. The molecule has 0 bridgehead atoms. The Morgan fingerprint density at radius 3 is 2.39 bits per heavy atom. The number of amidine groups is 1. The van der Waals surface area contributed by atoms with E-state index in [2.05, 4.69) is 58.3 Å². The molecule has 2 aromatic carbocycles. The molecule has 0 atom stereocenters. The third kappa shape index (κ3) is 4.77. The molecule has 0 unspecified atom stereocenters. The van der Waals surface area contributed by atoms with Crippen LogP contribution < -0.4 is 14.8 Å². The predicted molar refractivity (Wildman–Crippen MR) is 118 cm³/mol. The van der Waals surface area contributed by atoms with Gasteiger partial charge in [-0.15, -0.1) is 0 Å². The number of hydrogen-bond acceptors (Lipinski definition) is 5. The second-order valence-corrected chi connectivity index (χ2v) is 8.30. The molecule has 0 saturated carbocycles. The van der Waals surface area contributed by atoms with Crippen molar-refractivity contribution in [1.82, 2.24) is 5.32 Å². The second kappa shape index (κ2) is 8.84. The maximum absolute atomic E-state index is 12.4. The molecule has 2 aromatic rings. The Labute approximate surface area is 177 Å². The van der Waals surface area contributed by atoms with Gasteiger partial charge in [-0.25, -0.2) is 0 Å². The van der Waals surface area contributed by atoms with Gasteiger partial charge in [0.05, 0.1) is 30.1 Å². The van der Waals surface area contributed by atoms with Crippen LogP contribution in [0.4, 0.5) is 0 Å². The normalized spacial score (nSPS) is 16.5. The quantitative estimate of drug-likeness (QED) is 0.648. The lowest BCUT2D eigenvalue weighted by Gasteiger charge is -2.10. The molecule has 1 saturated heterocycles. The zero-order valence-corrected chi connectivity index (χ0v) is 18.5. The number of nitrogens with zero attached hydrogens (tertiary/aromatic N) is 1. The van der Waals surface area contributed by atoms with Crippen LogP contribution in [0, 0.1) is 13.8 Å². The summed E-state index contributed by atoms with van der Waals surface area (Å²) in [5.74, 6) is 1.12. The van der Waals surface area contributed by atoms with Crippen LogP contribution in [0.2, 0.25) is 0 Å². The van der Waals surface area contributed by atoms with Crippen LogP contribution >= 0.6 is 27.7 Å². The van der Waals surface area contributed by atoms with Gasteiger partial charge in [-0.2, -0.15) is 0 Å². The van der Waals surface area contributed by atoms with Crippen molar-refractivity contribution in [1.29, 1.82) is 0 Å². The summed E-state index contributed by atoms with van der Waals surface area (Å²) in [6, 6.07) is 9.99. The van der Waals surface area contributed by atoms with Gasteiger partial charge in [0, 0.05) is 11.6 Å². The second-order valence-electron chi connectivity index (χ2n) is 6.41. The third-order valence-corrected chi connectivity index (χ3v) is 5.70. The summed E-state index contributed by atoms with van der Waals surface area (Å²) in [5.41, 5.74) is 4.31. The van der Waals surface area contributed by atoms with Crippen LogP contribution in [0.5, 0.6) is 11.5 Å². The Kier molecular flexibility index (Phi) is 6.46. The Morgan fingerprint density at radius 1 is 1.07 bits per heavy atom. The molecule has 1 heterocycles. The number of thioether (sulfide) groups is 1. The van der Waals surface area contributed by atoms with Gasteiger partial charge < -0.3 is 14.8 Å². The van der Waals surface area contributed by atoms with Gasteiger partial charge in [0.2, 0.25) is 0 Å². The third-order valence-electron chi connectivity index (χ3n) is 4.13. The average Bonchev–Trinajstić information content (AvgIpc) is 2.99. The Bertz CT molecular complexity index is 966. The number of ether oxygens (including phenoxy) is 2. The van der Waals surface area contributed by atoms with E-state index in [9.17, 15) is 4.79 Å². The first-order valence-corrected chi connectivity index (χ1v) is 10.2. The van der Waals surface area contributed by atoms with Crippen LogP contribution in [-0.2, 0) is 11.3 Å². The van der Waals surface area contributed by atoms with Gasteiger partial charge in [-0.3, -0.25) is 9.79 Å². The zero-order chi connectivity index (χ0) is 20.3. The van der Waals surface area contributed by atoms with Crippen molar-refractivity contribution >= 4 is 44.8 Å². The molecule has 1 amide bonds. The number of benzene rings is 2. The van der Waals surface area contributed by atoms with Crippen LogP contribution in [0.15, 0.2) is 44.7 Å². The molecule has 1 aliphatic heterocycles. The molecule has 3 rings (SSSR count). The summed E-state index contributed by atoms with van der Waals surface area (Å²) >= 11 is 4.79. The largest absolute Gasteiger partial charge is 0.496 e. The van der Waals surface area contributed by atoms with E-state index in [1.54, 1.807) is 26.4 Å². The topological polar surface area (TPSA) is 59.9 Å². The van der Waals surface area contributed by atoms with E-state index >= 15 is 0 Å². The van der Waals surface area contributed by atoms with Crippen molar-refractivity contribution in [3.63, 3.8) is 0 Å². The number of methoxy groups -OCH3 is 2. The number of aryl methyl sites for hydroxylation is 2. The molecule has 5 nitrogen and oxygen atoms in total. The maximum atomic E-state index is 12.4. The Hall–Kier alpha value is -2.25. The summed E-state index contributed by atoms with van der Waals surface area (Å²) in [6.07, 6.45) is 1.79. The van der Waals surface area contributed by atoms with Crippen molar-refractivity contribution in [2.75, 3.05) is 14.2 Å². The highest BCUT2D eigenvalue weighted by Gasteiger charge is 2.24. The molecule has 1 aliphatic rings.